The Morgan fingerprint density at radius 2 is 1.81 bits per heavy atom. The van der Waals surface area contributed by atoms with E-state index in [-0.39, 0.29) is 17.9 Å². The van der Waals surface area contributed by atoms with E-state index in [9.17, 15) is 9.90 Å². The van der Waals surface area contributed by atoms with Crippen LogP contribution in [-0.4, -0.2) is 90.5 Å². The van der Waals surface area contributed by atoms with Crippen LogP contribution in [0.15, 0.2) is 35.5 Å². The Morgan fingerprint density at radius 3 is 2.41 bits per heavy atom. The van der Waals surface area contributed by atoms with Gasteiger partial charge in [-0.3, -0.25) is 15.1 Å². The van der Waals surface area contributed by atoms with Crippen molar-refractivity contribution in [1.82, 2.24) is 20.0 Å². The molecule has 3 N–H and O–H groups in total. The minimum Gasteiger partial charge on any atom is -0.391 e. The number of piperazine rings is 1. The van der Waals surface area contributed by atoms with Gasteiger partial charge in [-0.25, -0.2) is 0 Å². The van der Waals surface area contributed by atoms with Crippen molar-refractivity contribution in [3.63, 3.8) is 0 Å². The molecule has 0 saturated carbocycles. The summed E-state index contributed by atoms with van der Waals surface area (Å²) in [6.45, 7) is 6.60. The lowest BCUT2D eigenvalue weighted by atomic mass is 9.94. The number of hydrogen-bond donors (Lipinski definition) is 3. The third-order valence-corrected chi connectivity index (χ3v) is 7.31. The van der Waals surface area contributed by atoms with E-state index in [1.54, 1.807) is 0 Å². The summed E-state index contributed by atoms with van der Waals surface area (Å²) >= 11 is 6.07. The number of likely N-dealkylation sites (tertiary alicyclic amines) is 1. The Balaban J connectivity index is 1.42. The SMILES string of the molecule is CNC1=C(C(=N)N2CCN(C(=O)[C@H](CN3CC(O)C3)c3ccc(Cl)cc3)CC2)[C@H](C)CC1. The largest absolute Gasteiger partial charge is 0.391 e. The molecule has 1 aromatic rings. The van der Waals surface area contributed by atoms with E-state index in [1.165, 1.54) is 5.70 Å². The second-order valence-electron chi connectivity index (χ2n) is 9.22. The van der Waals surface area contributed by atoms with Gasteiger partial charge in [0.05, 0.1) is 12.0 Å². The van der Waals surface area contributed by atoms with Crippen LogP contribution in [0.1, 0.15) is 31.2 Å². The molecule has 2 heterocycles. The maximum atomic E-state index is 13.5. The van der Waals surface area contributed by atoms with Crippen LogP contribution in [0.2, 0.25) is 5.02 Å². The van der Waals surface area contributed by atoms with Gasteiger partial charge < -0.3 is 20.2 Å². The molecule has 174 valence electrons. The number of benzene rings is 1. The minimum atomic E-state index is -0.291. The van der Waals surface area contributed by atoms with Crippen molar-refractivity contribution in [3.05, 3.63) is 46.1 Å². The first-order valence-corrected chi connectivity index (χ1v) is 11.9. The van der Waals surface area contributed by atoms with Crippen LogP contribution in [0.5, 0.6) is 0 Å². The molecule has 0 radical (unpaired) electrons. The molecule has 2 fully saturated rings. The molecule has 1 aliphatic carbocycles. The van der Waals surface area contributed by atoms with Crippen LogP contribution in [0, 0.1) is 11.3 Å². The molecular formula is C24H34ClN5O2. The second kappa shape index (κ2) is 9.81. The van der Waals surface area contributed by atoms with E-state index in [1.807, 2.05) is 36.2 Å². The molecule has 3 aliphatic rings. The van der Waals surface area contributed by atoms with Crippen LogP contribution in [-0.2, 0) is 4.79 Å². The number of aliphatic hydroxyl groups is 1. The van der Waals surface area contributed by atoms with Crippen molar-refractivity contribution in [2.75, 3.05) is 52.9 Å². The van der Waals surface area contributed by atoms with Crippen LogP contribution >= 0.6 is 11.6 Å². The zero-order valence-corrected chi connectivity index (χ0v) is 19.7. The third kappa shape index (κ3) is 4.80. The van der Waals surface area contributed by atoms with Gasteiger partial charge in [0, 0.05) is 69.2 Å². The lowest BCUT2D eigenvalue weighted by Crippen LogP contribution is -2.55. The van der Waals surface area contributed by atoms with E-state index in [0.29, 0.717) is 62.6 Å². The summed E-state index contributed by atoms with van der Waals surface area (Å²) < 4.78 is 0. The summed E-state index contributed by atoms with van der Waals surface area (Å²) in [6.07, 6.45) is 1.79. The first kappa shape index (κ1) is 23.1. The highest BCUT2D eigenvalue weighted by molar-refractivity contribution is 6.30. The highest BCUT2D eigenvalue weighted by Gasteiger charge is 2.35. The van der Waals surface area contributed by atoms with Gasteiger partial charge in [0.2, 0.25) is 5.91 Å². The fraction of sp³-hybridized carbons (Fsp3) is 0.583. The topological polar surface area (TPSA) is 82.9 Å². The van der Waals surface area contributed by atoms with E-state index in [0.717, 1.165) is 24.0 Å². The number of aliphatic hydroxyl groups excluding tert-OH is 1. The van der Waals surface area contributed by atoms with Crippen LogP contribution < -0.4 is 5.32 Å². The molecule has 2 aliphatic heterocycles. The lowest BCUT2D eigenvalue weighted by molar-refractivity contribution is -0.135. The summed E-state index contributed by atoms with van der Waals surface area (Å²) in [5.41, 5.74) is 3.27. The Morgan fingerprint density at radius 1 is 1.19 bits per heavy atom. The first-order chi connectivity index (χ1) is 15.4. The van der Waals surface area contributed by atoms with E-state index >= 15 is 0 Å². The molecule has 1 aromatic carbocycles. The third-order valence-electron chi connectivity index (χ3n) is 7.06. The Kier molecular flexibility index (Phi) is 7.08. The molecule has 1 amide bonds. The van der Waals surface area contributed by atoms with Gasteiger partial charge in [0.15, 0.2) is 0 Å². The summed E-state index contributed by atoms with van der Waals surface area (Å²) in [5, 5.41) is 22.4. The monoisotopic (exact) mass is 459 g/mol. The molecule has 0 unspecified atom stereocenters. The Bertz CT molecular complexity index is 873. The fourth-order valence-electron chi connectivity index (χ4n) is 5.09. The number of nitrogens with zero attached hydrogens (tertiary/aromatic N) is 3. The molecule has 0 aromatic heterocycles. The van der Waals surface area contributed by atoms with E-state index in [4.69, 9.17) is 17.0 Å². The average molecular weight is 460 g/mol. The predicted molar refractivity (Wildman–Crippen MR) is 127 cm³/mol. The quantitative estimate of drug-likeness (QED) is 0.448. The van der Waals surface area contributed by atoms with Gasteiger partial charge in [-0.1, -0.05) is 30.7 Å². The molecular weight excluding hydrogens is 426 g/mol. The summed E-state index contributed by atoms with van der Waals surface area (Å²) in [5.74, 6) is 0.838. The molecule has 8 heteroatoms. The number of halogens is 1. The van der Waals surface area contributed by atoms with Crippen molar-refractivity contribution in [1.29, 1.82) is 5.41 Å². The van der Waals surface area contributed by atoms with Gasteiger partial charge in [0.25, 0.3) is 0 Å². The number of hydrogen-bond acceptors (Lipinski definition) is 5. The number of allylic oxidation sites excluding steroid dienone is 1. The molecule has 2 atom stereocenters. The summed E-state index contributed by atoms with van der Waals surface area (Å²) in [4.78, 5) is 19.7. The van der Waals surface area contributed by atoms with Gasteiger partial charge in [0.1, 0.15) is 5.84 Å². The summed E-state index contributed by atoms with van der Waals surface area (Å²) in [7, 11) is 1.94. The highest BCUT2D eigenvalue weighted by atomic mass is 35.5. The normalized spacial score (nSPS) is 23.3. The lowest BCUT2D eigenvalue weighted by Gasteiger charge is -2.41. The molecule has 2 saturated heterocycles. The fourth-order valence-corrected chi connectivity index (χ4v) is 5.21. The highest BCUT2D eigenvalue weighted by Crippen LogP contribution is 2.32. The van der Waals surface area contributed by atoms with Crippen LogP contribution in [0.4, 0.5) is 0 Å². The van der Waals surface area contributed by atoms with Crippen molar-refractivity contribution in [3.8, 4) is 0 Å². The number of β-amino-alcohol motifs (C(OH)–C–C–N with tert-alkyl or cyclic N) is 1. The molecule has 0 spiro atoms. The number of rotatable bonds is 6. The molecule has 7 nitrogen and oxygen atoms in total. The predicted octanol–water partition coefficient (Wildman–Crippen LogP) is 2.12. The number of amides is 1. The minimum absolute atomic E-state index is 0.115. The second-order valence-corrected chi connectivity index (χ2v) is 9.66. The van der Waals surface area contributed by atoms with Crippen molar-refractivity contribution < 1.29 is 9.90 Å². The number of amidine groups is 1. The summed E-state index contributed by atoms with van der Waals surface area (Å²) in [6, 6.07) is 7.52. The zero-order chi connectivity index (χ0) is 22.8. The zero-order valence-electron chi connectivity index (χ0n) is 19.0. The standard InChI is InChI=1S/C24H34ClN5O2/c1-16-3-8-21(27-2)22(16)23(26)29-9-11-30(12-10-29)24(32)20(15-28-13-19(31)14-28)17-4-6-18(25)7-5-17/h4-7,16,19-20,26-27,31H,3,8-15H2,1-2H3/t16-,20-/m1/s1. The Hall–Kier alpha value is -2.09. The van der Waals surface area contributed by atoms with Crippen molar-refractivity contribution in [2.45, 2.75) is 31.8 Å². The van der Waals surface area contributed by atoms with Crippen molar-refractivity contribution >= 4 is 23.3 Å². The van der Waals surface area contributed by atoms with Crippen LogP contribution in [0.3, 0.4) is 0 Å². The number of carbonyl (C=O) groups excluding carboxylic acids is 1. The van der Waals surface area contributed by atoms with Crippen molar-refractivity contribution in [2.24, 2.45) is 5.92 Å². The number of carbonyl (C=O) groups is 1. The van der Waals surface area contributed by atoms with E-state index in [2.05, 4.69) is 22.0 Å². The molecule has 0 bridgehead atoms. The number of nitrogens with one attached hydrogen (secondary N) is 2. The van der Waals surface area contributed by atoms with Gasteiger partial charge in [-0.05, 0) is 36.5 Å². The van der Waals surface area contributed by atoms with E-state index < -0.39 is 0 Å². The first-order valence-electron chi connectivity index (χ1n) is 11.6. The maximum absolute atomic E-state index is 13.5. The maximum Gasteiger partial charge on any atom is 0.231 e. The smallest absolute Gasteiger partial charge is 0.231 e. The molecule has 32 heavy (non-hydrogen) atoms. The van der Waals surface area contributed by atoms with Gasteiger partial charge in [-0.2, -0.15) is 0 Å². The average Bonchev–Trinajstić information content (AvgIpc) is 3.16. The van der Waals surface area contributed by atoms with Gasteiger partial charge >= 0.3 is 0 Å². The molecule has 4 rings (SSSR count). The van der Waals surface area contributed by atoms with Gasteiger partial charge in [-0.15, -0.1) is 0 Å². The van der Waals surface area contributed by atoms with Crippen LogP contribution in [0.25, 0.3) is 0 Å². The Labute approximate surface area is 195 Å².